The highest BCUT2D eigenvalue weighted by Crippen LogP contribution is 2.36. The number of carboxylic acids is 1. The second-order valence-corrected chi connectivity index (χ2v) is 5.19. The molecule has 0 fully saturated rings. The van der Waals surface area contributed by atoms with Gasteiger partial charge in [-0.2, -0.15) is 0 Å². The van der Waals surface area contributed by atoms with Gasteiger partial charge in [0.05, 0.1) is 5.38 Å². The zero-order chi connectivity index (χ0) is 9.78. The topological polar surface area (TPSA) is 37.3 Å². The number of hydrogen-bond donors (Lipinski definition) is 1. The van der Waals surface area contributed by atoms with Crippen LogP contribution in [0.5, 0.6) is 0 Å². The maximum atomic E-state index is 10.1. The average Bonchev–Trinajstić information content (AvgIpc) is 1.84. The highest BCUT2D eigenvalue weighted by atomic mass is 35.6. The van der Waals surface area contributed by atoms with Crippen LogP contribution >= 0.6 is 46.4 Å². The van der Waals surface area contributed by atoms with Crippen LogP contribution in [-0.4, -0.2) is 20.2 Å². The van der Waals surface area contributed by atoms with Crippen molar-refractivity contribution >= 4 is 52.4 Å². The van der Waals surface area contributed by atoms with Crippen LogP contribution in [0.25, 0.3) is 0 Å². The molecule has 1 N–H and O–H groups in total. The lowest BCUT2D eigenvalue weighted by atomic mass is 10.2. The summed E-state index contributed by atoms with van der Waals surface area (Å²) < 4.78 is -1.51. The van der Waals surface area contributed by atoms with Gasteiger partial charge in [0.15, 0.2) is 0 Å². The molecule has 12 heavy (non-hydrogen) atoms. The number of alkyl halides is 4. The predicted molar refractivity (Wildman–Crippen MR) is 51.4 cm³/mol. The molecule has 0 aliphatic carbocycles. The van der Waals surface area contributed by atoms with Crippen molar-refractivity contribution < 1.29 is 9.90 Å². The minimum atomic E-state index is -1.51. The van der Waals surface area contributed by atoms with Gasteiger partial charge in [-0.05, 0) is 12.8 Å². The fourth-order valence-electron chi connectivity index (χ4n) is 0.596. The van der Waals surface area contributed by atoms with E-state index in [0.717, 1.165) is 0 Å². The molecular weight excluding hydrogens is 246 g/mol. The van der Waals surface area contributed by atoms with Gasteiger partial charge in [0.1, 0.15) is 0 Å². The van der Waals surface area contributed by atoms with E-state index in [9.17, 15) is 4.79 Å². The molecule has 0 amide bonds. The summed E-state index contributed by atoms with van der Waals surface area (Å²) in [7, 11) is 0. The van der Waals surface area contributed by atoms with Gasteiger partial charge in [0.2, 0.25) is 3.79 Å². The third-order valence-corrected chi connectivity index (χ3v) is 2.87. The first-order valence-corrected chi connectivity index (χ1v) is 4.83. The SMILES string of the molecule is O=C(O)CCCC(Cl)C(Cl)(Cl)Cl. The van der Waals surface area contributed by atoms with Gasteiger partial charge in [-0.3, -0.25) is 4.79 Å². The van der Waals surface area contributed by atoms with Crippen molar-refractivity contribution in [3.8, 4) is 0 Å². The molecule has 6 heteroatoms. The van der Waals surface area contributed by atoms with E-state index in [2.05, 4.69) is 0 Å². The Bertz CT molecular complexity index is 154. The van der Waals surface area contributed by atoms with Gasteiger partial charge >= 0.3 is 5.97 Å². The van der Waals surface area contributed by atoms with Crippen LogP contribution in [0.1, 0.15) is 19.3 Å². The Kier molecular flexibility index (Phi) is 5.66. The van der Waals surface area contributed by atoms with Crippen LogP contribution in [0, 0.1) is 0 Å². The molecule has 2 nitrogen and oxygen atoms in total. The van der Waals surface area contributed by atoms with Crippen molar-refractivity contribution in [3.63, 3.8) is 0 Å². The molecule has 1 unspecified atom stereocenters. The summed E-state index contributed by atoms with van der Waals surface area (Å²) in [6.07, 6.45) is 0.839. The van der Waals surface area contributed by atoms with Crippen molar-refractivity contribution in [2.24, 2.45) is 0 Å². The fourth-order valence-corrected chi connectivity index (χ4v) is 1.08. The van der Waals surface area contributed by atoms with Crippen molar-refractivity contribution in [2.45, 2.75) is 28.4 Å². The lowest BCUT2D eigenvalue weighted by molar-refractivity contribution is -0.137. The summed E-state index contributed by atoms with van der Waals surface area (Å²) in [6, 6.07) is 0. The normalized spacial score (nSPS) is 14.3. The monoisotopic (exact) mass is 252 g/mol. The fraction of sp³-hybridized carbons (Fsp3) is 0.833. The van der Waals surface area contributed by atoms with E-state index in [1.807, 2.05) is 0 Å². The van der Waals surface area contributed by atoms with Crippen LogP contribution in [-0.2, 0) is 4.79 Å². The number of aliphatic carboxylic acids is 1. The molecular formula is C6H8Cl4O2. The molecule has 0 radical (unpaired) electrons. The van der Waals surface area contributed by atoms with Crippen LogP contribution in [0.2, 0.25) is 0 Å². The lowest BCUT2D eigenvalue weighted by Crippen LogP contribution is -2.19. The number of carboxylic acid groups (broad SMARTS) is 1. The molecule has 0 aromatic carbocycles. The molecule has 72 valence electrons. The second-order valence-electron chi connectivity index (χ2n) is 2.30. The molecule has 0 spiro atoms. The van der Waals surface area contributed by atoms with Crippen molar-refractivity contribution in [1.82, 2.24) is 0 Å². The predicted octanol–water partition coefficient (Wildman–Crippen LogP) is 3.22. The minimum Gasteiger partial charge on any atom is -0.481 e. The maximum Gasteiger partial charge on any atom is 0.303 e. The maximum absolute atomic E-state index is 10.1. The van der Waals surface area contributed by atoms with Crippen LogP contribution < -0.4 is 0 Å². The smallest absolute Gasteiger partial charge is 0.303 e. The molecule has 0 rings (SSSR count). The van der Waals surface area contributed by atoms with Gasteiger partial charge < -0.3 is 5.11 Å². The number of hydrogen-bond acceptors (Lipinski definition) is 1. The van der Waals surface area contributed by atoms with E-state index in [1.54, 1.807) is 0 Å². The van der Waals surface area contributed by atoms with Gasteiger partial charge in [-0.1, -0.05) is 34.8 Å². The quantitative estimate of drug-likeness (QED) is 0.782. The first-order chi connectivity index (χ1) is 5.34. The Morgan fingerprint density at radius 3 is 2.25 bits per heavy atom. The number of rotatable bonds is 4. The number of carbonyl (C=O) groups is 1. The first-order valence-electron chi connectivity index (χ1n) is 3.26. The first kappa shape index (κ1) is 12.6. The summed E-state index contributed by atoms with van der Waals surface area (Å²) in [4.78, 5) is 10.1. The van der Waals surface area contributed by atoms with Crippen molar-refractivity contribution in [3.05, 3.63) is 0 Å². The summed E-state index contributed by atoms with van der Waals surface area (Å²) in [5.41, 5.74) is 0. The van der Waals surface area contributed by atoms with Gasteiger partial charge in [0.25, 0.3) is 0 Å². The van der Waals surface area contributed by atoms with E-state index in [4.69, 9.17) is 51.5 Å². The molecule has 0 aromatic rings. The molecule has 0 saturated carbocycles. The zero-order valence-electron chi connectivity index (χ0n) is 6.07. The minimum absolute atomic E-state index is 0.0456. The van der Waals surface area contributed by atoms with Crippen molar-refractivity contribution in [2.75, 3.05) is 0 Å². The molecule has 0 bridgehead atoms. The summed E-state index contributed by atoms with van der Waals surface area (Å²) in [5.74, 6) is -0.872. The van der Waals surface area contributed by atoms with Gasteiger partial charge in [-0.25, -0.2) is 0 Å². The zero-order valence-corrected chi connectivity index (χ0v) is 9.09. The second kappa shape index (κ2) is 5.38. The average molecular weight is 254 g/mol. The van der Waals surface area contributed by atoms with E-state index in [1.165, 1.54) is 0 Å². The Balaban J connectivity index is 3.58. The Morgan fingerprint density at radius 2 is 1.92 bits per heavy atom. The van der Waals surface area contributed by atoms with E-state index in [-0.39, 0.29) is 6.42 Å². The summed E-state index contributed by atoms with van der Waals surface area (Å²) >= 11 is 22.0. The van der Waals surface area contributed by atoms with E-state index < -0.39 is 15.1 Å². The van der Waals surface area contributed by atoms with E-state index in [0.29, 0.717) is 12.8 Å². The Hall–Kier alpha value is 0.630. The molecule has 0 heterocycles. The Morgan fingerprint density at radius 1 is 1.42 bits per heavy atom. The third kappa shape index (κ3) is 6.18. The van der Waals surface area contributed by atoms with Crippen LogP contribution in [0.3, 0.4) is 0 Å². The van der Waals surface area contributed by atoms with E-state index >= 15 is 0 Å². The molecule has 0 aliphatic rings. The summed E-state index contributed by atoms with van der Waals surface area (Å²) in [5, 5.41) is 7.65. The van der Waals surface area contributed by atoms with Gasteiger partial charge in [-0.15, -0.1) is 11.6 Å². The lowest BCUT2D eigenvalue weighted by Gasteiger charge is -2.16. The molecule has 0 aliphatic heterocycles. The third-order valence-electron chi connectivity index (χ3n) is 1.20. The van der Waals surface area contributed by atoms with Crippen LogP contribution in [0.4, 0.5) is 0 Å². The van der Waals surface area contributed by atoms with Crippen LogP contribution in [0.15, 0.2) is 0 Å². The van der Waals surface area contributed by atoms with Gasteiger partial charge in [0, 0.05) is 6.42 Å². The molecule has 1 atom stereocenters. The highest BCUT2D eigenvalue weighted by molar-refractivity contribution is 6.70. The summed E-state index contributed by atoms with van der Waals surface area (Å²) in [6.45, 7) is 0. The molecule has 0 aromatic heterocycles. The Labute approximate surface area is 90.7 Å². The highest BCUT2D eigenvalue weighted by Gasteiger charge is 2.30. The largest absolute Gasteiger partial charge is 0.481 e. The number of halogens is 4. The van der Waals surface area contributed by atoms with Crippen molar-refractivity contribution in [1.29, 1.82) is 0 Å². The molecule has 0 saturated heterocycles. The standard InChI is InChI=1S/C6H8Cl4O2/c7-4(6(8,9)10)2-1-3-5(11)12/h4H,1-3H2,(H,11,12).